The minimum Gasteiger partial charge on any atom is -0.387 e. The summed E-state index contributed by atoms with van der Waals surface area (Å²) in [4.78, 5) is 28.1. The second-order valence-corrected chi connectivity index (χ2v) is 7.70. The minimum absolute atomic E-state index is 0.0660. The minimum atomic E-state index is -1.08. The molecule has 0 aromatic rings. The number of aliphatic hydroxyl groups is 1. The number of hydrogen-bond donors (Lipinski definition) is 3. The summed E-state index contributed by atoms with van der Waals surface area (Å²) in [5, 5.41) is 17.3. The molecule has 136 valence electrons. The fourth-order valence-electron chi connectivity index (χ4n) is 4.61. The van der Waals surface area contributed by atoms with Gasteiger partial charge in [0.15, 0.2) is 0 Å². The molecule has 24 heavy (non-hydrogen) atoms. The first-order chi connectivity index (χ1) is 11.5. The Labute approximate surface area is 144 Å². The first kappa shape index (κ1) is 17.7. The molecule has 1 aliphatic carbocycles. The van der Waals surface area contributed by atoms with Gasteiger partial charge in [-0.25, -0.2) is 0 Å². The molecule has 0 radical (unpaired) electrons. The van der Waals surface area contributed by atoms with Crippen molar-refractivity contribution in [2.45, 2.75) is 81.9 Å². The lowest BCUT2D eigenvalue weighted by molar-refractivity contribution is -0.169. The molecule has 3 fully saturated rings. The standard InChI is InChI=1S/C18H31N3O3/c1-2-3-13-21-15(22)14(18(24)7-5-4-6-8-18)20-16(23)17(21)9-11-19-12-10-17/h14,19,24H,2-13H2,1H3,(H,20,23). The zero-order valence-electron chi connectivity index (χ0n) is 14.8. The van der Waals surface area contributed by atoms with Crippen LogP contribution in [0, 0.1) is 0 Å². The Kier molecular flexibility index (Phi) is 5.16. The lowest BCUT2D eigenvalue weighted by Crippen LogP contribution is -2.76. The Bertz CT molecular complexity index is 482. The Morgan fingerprint density at radius 1 is 1.12 bits per heavy atom. The van der Waals surface area contributed by atoms with Crippen molar-refractivity contribution in [3.8, 4) is 0 Å². The van der Waals surface area contributed by atoms with E-state index in [1.807, 2.05) is 4.90 Å². The van der Waals surface area contributed by atoms with Gasteiger partial charge in [-0.2, -0.15) is 0 Å². The van der Waals surface area contributed by atoms with Crippen LogP contribution < -0.4 is 10.6 Å². The zero-order chi connectivity index (χ0) is 17.2. The van der Waals surface area contributed by atoms with Gasteiger partial charge in [0.25, 0.3) is 0 Å². The molecule has 3 N–H and O–H groups in total. The SMILES string of the molecule is CCCCN1C(=O)C(C2(O)CCCCC2)NC(=O)C12CCNCC2. The number of hydrogen-bond acceptors (Lipinski definition) is 4. The van der Waals surface area contributed by atoms with E-state index < -0.39 is 17.2 Å². The van der Waals surface area contributed by atoms with E-state index in [1.54, 1.807) is 0 Å². The maximum absolute atomic E-state index is 13.3. The fourth-order valence-corrected chi connectivity index (χ4v) is 4.61. The van der Waals surface area contributed by atoms with Crippen molar-refractivity contribution in [2.75, 3.05) is 19.6 Å². The predicted molar refractivity (Wildman–Crippen MR) is 91.4 cm³/mol. The van der Waals surface area contributed by atoms with E-state index in [-0.39, 0.29) is 11.8 Å². The van der Waals surface area contributed by atoms with Gasteiger partial charge in [-0.05, 0) is 45.2 Å². The van der Waals surface area contributed by atoms with E-state index in [1.165, 1.54) is 0 Å². The monoisotopic (exact) mass is 337 g/mol. The van der Waals surface area contributed by atoms with Gasteiger partial charge < -0.3 is 20.6 Å². The molecule has 1 unspecified atom stereocenters. The zero-order valence-corrected chi connectivity index (χ0v) is 14.8. The normalized spacial score (nSPS) is 29.6. The molecule has 3 rings (SSSR count). The number of carbonyl (C=O) groups is 2. The molecule has 6 nitrogen and oxygen atoms in total. The van der Waals surface area contributed by atoms with Gasteiger partial charge in [0.05, 0.1) is 5.60 Å². The van der Waals surface area contributed by atoms with Crippen LogP contribution >= 0.6 is 0 Å². The molecule has 2 saturated heterocycles. The van der Waals surface area contributed by atoms with Gasteiger partial charge in [0.2, 0.25) is 11.8 Å². The maximum atomic E-state index is 13.3. The van der Waals surface area contributed by atoms with Crippen LogP contribution in [0.15, 0.2) is 0 Å². The number of nitrogens with zero attached hydrogens (tertiary/aromatic N) is 1. The summed E-state index contributed by atoms with van der Waals surface area (Å²) in [7, 11) is 0. The summed E-state index contributed by atoms with van der Waals surface area (Å²) in [6.07, 6.45) is 7.29. The van der Waals surface area contributed by atoms with Crippen LogP contribution in [0.1, 0.15) is 64.7 Å². The number of carbonyl (C=O) groups excluding carboxylic acids is 2. The lowest BCUT2D eigenvalue weighted by Gasteiger charge is -2.53. The fraction of sp³-hybridized carbons (Fsp3) is 0.889. The molecule has 3 aliphatic rings. The van der Waals surface area contributed by atoms with E-state index in [2.05, 4.69) is 17.6 Å². The van der Waals surface area contributed by atoms with Crippen LogP contribution in [-0.4, -0.2) is 58.6 Å². The molecule has 6 heteroatoms. The number of rotatable bonds is 4. The molecule has 0 aromatic carbocycles. The summed E-state index contributed by atoms with van der Waals surface area (Å²) >= 11 is 0. The van der Waals surface area contributed by atoms with Crippen LogP contribution in [0.5, 0.6) is 0 Å². The highest BCUT2D eigenvalue weighted by atomic mass is 16.3. The van der Waals surface area contributed by atoms with Gasteiger partial charge in [-0.1, -0.05) is 32.6 Å². The first-order valence-corrected chi connectivity index (χ1v) is 9.59. The summed E-state index contributed by atoms with van der Waals surface area (Å²) in [5.74, 6) is -0.141. The highest BCUT2D eigenvalue weighted by Crippen LogP contribution is 2.37. The van der Waals surface area contributed by atoms with Crippen molar-refractivity contribution in [3.05, 3.63) is 0 Å². The summed E-state index contributed by atoms with van der Waals surface area (Å²) in [5.41, 5.74) is -1.80. The topological polar surface area (TPSA) is 81.7 Å². The highest BCUT2D eigenvalue weighted by Gasteiger charge is 2.57. The van der Waals surface area contributed by atoms with E-state index in [0.29, 0.717) is 32.2 Å². The van der Waals surface area contributed by atoms with E-state index in [4.69, 9.17) is 0 Å². The second-order valence-electron chi connectivity index (χ2n) is 7.70. The van der Waals surface area contributed by atoms with Crippen molar-refractivity contribution in [3.63, 3.8) is 0 Å². The lowest BCUT2D eigenvalue weighted by atomic mass is 9.75. The Morgan fingerprint density at radius 2 is 1.79 bits per heavy atom. The van der Waals surface area contributed by atoms with Gasteiger partial charge >= 0.3 is 0 Å². The van der Waals surface area contributed by atoms with Gasteiger partial charge in [0, 0.05) is 6.54 Å². The number of piperazine rings is 1. The predicted octanol–water partition coefficient (Wildman–Crippen LogP) is 0.931. The largest absolute Gasteiger partial charge is 0.387 e. The van der Waals surface area contributed by atoms with Gasteiger partial charge in [-0.3, -0.25) is 9.59 Å². The van der Waals surface area contributed by atoms with Crippen molar-refractivity contribution in [2.24, 2.45) is 0 Å². The second kappa shape index (κ2) is 7.00. The van der Waals surface area contributed by atoms with E-state index >= 15 is 0 Å². The average Bonchev–Trinajstić information content (AvgIpc) is 2.60. The third-order valence-electron chi connectivity index (χ3n) is 6.15. The van der Waals surface area contributed by atoms with Crippen molar-refractivity contribution >= 4 is 11.8 Å². The first-order valence-electron chi connectivity index (χ1n) is 9.59. The summed E-state index contributed by atoms with van der Waals surface area (Å²) < 4.78 is 0. The molecule has 0 aromatic heterocycles. The van der Waals surface area contributed by atoms with E-state index in [9.17, 15) is 14.7 Å². The van der Waals surface area contributed by atoms with Gasteiger partial charge in [-0.15, -0.1) is 0 Å². The molecule has 2 aliphatic heterocycles. The number of amides is 2. The van der Waals surface area contributed by atoms with Crippen LogP contribution in [0.2, 0.25) is 0 Å². The smallest absolute Gasteiger partial charge is 0.249 e. The van der Waals surface area contributed by atoms with Crippen LogP contribution in [-0.2, 0) is 9.59 Å². The number of nitrogens with one attached hydrogen (secondary N) is 2. The molecule has 1 atom stereocenters. The van der Waals surface area contributed by atoms with Crippen molar-refractivity contribution in [1.82, 2.24) is 15.5 Å². The third kappa shape index (κ3) is 2.94. The van der Waals surface area contributed by atoms with Gasteiger partial charge in [0.1, 0.15) is 11.6 Å². The molecule has 2 heterocycles. The third-order valence-corrected chi connectivity index (χ3v) is 6.15. The maximum Gasteiger partial charge on any atom is 0.249 e. The highest BCUT2D eigenvalue weighted by molar-refractivity contribution is 6.00. The number of piperidine rings is 1. The van der Waals surface area contributed by atoms with Crippen molar-refractivity contribution < 1.29 is 14.7 Å². The molecular formula is C18H31N3O3. The molecule has 0 bridgehead atoms. The van der Waals surface area contributed by atoms with Crippen molar-refractivity contribution in [1.29, 1.82) is 0 Å². The van der Waals surface area contributed by atoms with E-state index in [0.717, 1.165) is 45.2 Å². The molecule has 1 spiro atoms. The Morgan fingerprint density at radius 3 is 2.42 bits per heavy atom. The Balaban J connectivity index is 1.88. The van der Waals surface area contributed by atoms with Crippen LogP contribution in [0.25, 0.3) is 0 Å². The molecule has 1 saturated carbocycles. The quantitative estimate of drug-likeness (QED) is 0.713. The van der Waals surface area contributed by atoms with Crippen LogP contribution in [0.3, 0.4) is 0 Å². The molecular weight excluding hydrogens is 306 g/mol. The number of unbranched alkanes of at least 4 members (excludes halogenated alkanes) is 1. The Hall–Kier alpha value is -1.14. The molecule has 2 amide bonds. The summed E-state index contributed by atoms with van der Waals surface area (Å²) in [6.45, 7) is 4.20. The summed E-state index contributed by atoms with van der Waals surface area (Å²) in [6, 6.07) is -0.775. The average molecular weight is 337 g/mol. The van der Waals surface area contributed by atoms with Crippen LogP contribution in [0.4, 0.5) is 0 Å².